The summed E-state index contributed by atoms with van der Waals surface area (Å²) >= 11 is 0.957. The zero-order chi connectivity index (χ0) is 33.0. The number of aliphatic carboxylic acids is 1. The van der Waals surface area contributed by atoms with Gasteiger partial charge in [-0.3, -0.25) is 18.7 Å². The van der Waals surface area contributed by atoms with E-state index in [-0.39, 0.29) is 16.9 Å². The highest BCUT2D eigenvalue weighted by Crippen LogP contribution is 2.36. The number of carboxylic acids is 1. The van der Waals surface area contributed by atoms with Gasteiger partial charge in [0.05, 0.1) is 16.6 Å². The van der Waals surface area contributed by atoms with Crippen LogP contribution in [0.1, 0.15) is 22.9 Å². The molecule has 1 fully saturated rings. The Balaban J connectivity index is 1.32. The average molecular weight is 672 g/mol. The van der Waals surface area contributed by atoms with Crippen molar-refractivity contribution in [3.63, 3.8) is 0 Å². The Bertz CT molecular complexity index is 1760. The van der Waals surface area contributed by atoms with Crippen LogP contribution >= 0.6 is 11.3 Å². The molecule has 2 aliphatic heterocycles. The molecule has 5 rings (SSSR count). The highest BCUT2D eigenvalue weighted by molar-refractivity contribution is 7.86. The van der Waals surface area contributed by atoms with E-state index in [1.165, 1.54) is 5.38 Å². The van der Waals surface area contributed by atoms with Crippen LogP contribution < -0.4 is 11.1 Å². The van der Waals surface area contributed by atoms with E-state index in [4.69, 9.17) is 15.3 Å². The first-order valence-corrected chi connectivity index (χ1v) is 15.5. The van der Waals surface area contributed by atoms with Crippen molar-refractivity contribution in [1.29, 1.82) is 0 Å². The number of fused-ring (bicyclic) bond motifs is 1. The molecule has 13 nitrogen and oxygen atoms in total. The Hall–Kier alpha value is -5.29. The molecule has 0 aliphatic carbocycles. The standard InChI is InChI=1S/C29H23F2N5O8S2/c30-19(31)11-17-14-46(42)27-22(26(39)36(27)23(17)28(40)41)34-25(38)21(18-13-45-29(32)33-18)35-43-12-20(37)44-24(15-7-3-1-4-8-15)16-9-5-2-6-10-16/h1-11,13,22,24,27H,12,14H2,(H2,32,33)(H,34,38)(H,40,41)/t22?,27-,46?/m0/s1. The largest absolute Gasteiger partial charge is 0.477 e. The van der Waals surface area contributed by atoms with E-state index in [2.05, 4.69) is 15.5 Å². The van der Waals surface area contributed by atoms with Gasteiger partial charge in [0.25, 0.3) is 17.9 Å². The van der Waals surface area contributed by atoms with Crippen molar-refractivity contribution >= 4 is 56.7 Å². The second-order valence-corrected chi connectivity index (χ2v) is 12.1. The molecule has 3 heterocycles. The van der Waals surface area contributed by atoms with Gasteiger partial charge in [-0.1, -0.05) is 65.8 Å². The molecule has 2 aliphatic rings. The molecule has 46 heavy (non-hydrogen) atoms. The molecule has 4 N–H and O–H groups in total. The number of ether oxygens (including phenoxy) is 1. The van der Waals surface area contributed by atoms with Crippen LogP contribution in [0.25, 0.3) is 0 Å². The van der Waals surface area contributed by atoms with Crippen molar-refractivity contribution in [2.75, 3.05) is 18.1 Å². The molecule has 0 radical (unpaired) electrons. The summed E-state index contributed by atoms with van der Waals surface area (Å²) in [4.78, 5) is 60.6. The number of hydrogen-bond acceptors (Lipinski definition) is 11. The van der Waals surface area contributed by atoms with Crippen LogP contribution in [-0.4, -0.2) is 72.4 Å². The van der Waals surface area contributed by atoms with Crippen molar-refractivity contribution < 1.29 is 46.8 Å². The number of carbonyl (C=O) groups excluding carboxylic acids is 3. The summed E-state index contributed by atoms with van der Waals surface area (Å²) in [6.45, 7) is -0.733. The zero-order valence-electron chi connectivity index (χ0n) is 23.4. The number of esters is 1. The Morgan fingerprint density at radius 3 is 2.33 bits per heavy atom. The first-order chi connectivity index (χ1) is 22.0. The normalized spacial score (nSPS) is 19.2. The monoisotopic (exact) mass is 671 g/mol. The van der Waals surface area contributed by atoms with Crippen LogP contribution in [0.5, 0.6) is 0 Å². The van der Waals surface area contributed by atoms with E-state index in [1.807, 2.05) is 12.1 Å². The van der Waals surface area contributed by atoms with E-state index in [0.29, 0.717) is 16.0 Å². The van der Waals surface area contributed by atoms with Gasteiger partial charge in [-0.2, -0.15) is 8.78 Å². The number of amides is 2. The quantitative estimate of drug-likeness (QED) is 0.118. The summed E-state index contributed by atoms with van der Waals surface area (Å²) in [6.07, 6.45) is -2.77. The van der Waals surface area contributed by atoms with Crippen LogP contribution in [0.2, 0.25) is 0 Å². The topological polar surface area (TPSA) is 191 Å². The number of nitrogens with two attached hydrogens (primary N) is 1. The molecular weight excluding hydrogens is 648 g/mol. The van der Waals surface area contributed by atoms with Gasteiger partial charge >= 0.3 is 11.9 Å². The number of β-lactam (4-membered cyclic amide) rings is 1. The summed E-state index contributed by atoms with van der Waals surface area (Å²) in [5, 5.41) is 15.7. The Kier molecular flexibility index (Phi) is 9.62. The van der Waals surface area contributed by atoms with Gasteiger partial charge < -0.3 is 25.7 Å². The molecule has 1 aromatic heterocycles. The fourth-order valence-electron chi connectivity index (χ4n) is 4.76. The van der Waals surface area contributed by atoms with Crippen molar-refractivity contribution in [1.82, 2.24) is 15.2 Å². The summed E-state index contributed by atoms with van der Waals surface area (Å²) in [5.41, 5.74) is 5.25. The molecular formula is C29H23F2N5O8S2. The number of nitrogens with zero attached hydrogens (tertiary/aromatic N) is 3. The lowest BCUT2D eigenvalue weighted by molar-refractivity contribution is -0.153. The molecule has 0 spiro atoms. The fraction of sp³-hybridized carbons (Fsp3) is 0.172. The third-order valence-electron chi connectivity index (χ3n) is 6.70. The molecule has 1 saturated heterocycles. The Morgan fingerprint density at radius 1 is 1.15 bits per heavy atom. The lowest BCUT2D eigenvalue weighted by Crippen LogP contribution is -2.74. The molecule has 0 bridgehead atoms. The van der Waals surface area contributed by atoms with E-state index in [9.17, 15) is 37.3 Å². The number of anilines is 1. The minimum atomic E-state index is -2.23. The molecule has 3 aromatic rings. The van der Waals surface area contributed by atoms with E-state index in [1.54, 1.807) is 48.5 Å². The number of carboxylic acid groups (broad SMARTS) is 1. The molecule has 238 valence electrons. The maximum Gasteiger partial charge on any atom is 0.352 e. The molecule has 3 atom stereocenters. The lowest BCUT2D eigenvalue weighted by atomic mass is 10.0. The number of thiazole rings is 1. The Labute approximate surface area is 265 Å². The Morgan fingerprint density at radius 2 is 1.78 bits per heavy atom. The van der Waals surface area contributed by atoms with Crippen molar-refractivity contribution in [3.05, 3.63) is 106 Å². The third-order valence-corrected chi connectivity index (χ3v) is 8.99. The number of hydrogen-bond donors (Lipinski definition) is 3. The fourth-order valence-corrected chi connectivity index (χ4v) is 6.94. The predicted octanol–water partition coefficient (Wildman–Crippen LogP) is 2.31. The van der Waals surface area contributed by atoms with Gasteiger partial charge in [0.2, 0.25) is 6.61 Å². The van der Waals surface area contributed by atoms with Crippen LogP contribution in [-0.2, 0) is 39.6 Å². The molecule has 17 heteroatoms. The van der Waals surface area contributed by atoms with Crippen LogP contribution in [0.4, 0.5) is 13.9 Å². The first-order valence-electron chi connectivity index (χ1n) is 13.3. The van der Waals surface area contributed by atoms with Crippen molar-refractivity contribution in [2.45, 2.75) is 17.5 Å². The zero-order valence-corrected chi connectivity index (χ0v) is 25.0. The smallest absolute Gasteiger partial charge is 0.352 e. The maximum absolute atomic E-state index is 13.3. The van der Waals surface area contributed by atoms with Gasteiger partial charge in [0.1, 0.15) is 22.8 Å². The van der Waals surface area contributed by atoms with E-state index < -0.39 is 87.5 Å². The van der Waals surface area contributed by atoms with Gasteiger partial charge in [0, 0.05) is 17.0 Å². The maximum atomic E-state index is 13.3. The van der Waals surface area contributed by atoms with Gasteiger partial charge in [-0.05, 0) is 11.1 Å². The number of halogens is 2. The number of allylic oxidation sites excluding steroid dienone is 1. The predicted molar refractivity (Wildman–Crippen MR) is 160 cm³/mol. The summed E-state index contributed by atoms with van der Waals surface area (Å²) in [5.74, 6) is -5.16. The van der Waals surface area contributed by atoms with Gasteiger partial charge in [-0.25, -0.2) is 14.6 Å². The average Bonchev–Trinajstić information content (AvgIpc) is 3.46. The number of nitrogens with one attached hydrogen (secondary N) is 1. The summed E-state index contributed by atoms with van der Waals surface area (Å²) in [7, 11) is -2.06. The minimum absolute atomic E-state index is 0.0553. The second kappa shape index (κ2) is 13.8. The first kappa shape index (κ1) is 32.1. The van der Waals surface area contributed by atoms with Gasteiger partial charge in [0.15, 0.2) is 16.9 Å². The summed E-state index contributed by atoms with van der Waals surface area (Å²) < 4.78 is 44.3. The lowest BCUT2D eigenvalue weighted by Gasteiger charge is -2.48. The molecule has 0 saturated carbocycles. The highest BCUT2D eigenvalue weighted by Gasteiger charge is 2.57. The number of oxime groups is 1. The number of rotatable bonds is 11. The van der Waals surface area contributed by atoms with E-state index >= 15 is 0 Å². The second-order valence-electron chi connectivity index (χ2n) is 9.66. The molecule has 2 unspecified atom stereocenters. The highest BCUT2D eigenvalue weighted by atomic mass is 32.2. The van der Waals surface area contributed by atoms with E-state index in [0.717, 1.165) is 11.3 Å². The number of benzene rings is 2. The molecule has 2 amide bonds. The number of carbonyl (C=O) groups is 4. The van der Waals surface area contributed by atoms with Crippen LogP contribution in [0.3, 0.4) is 0 Å². The number of nitrogen functional groups attached to an aromatic ring is 1. The third kappa shape index (κ3) is 6.84. The van der Waals surface area contributed by atoms with Crippen molar-refractivity contribution in [2.24, 2.45) is 5.16 Å². The van der Waals surface area contributed by atoms with Crippen LogP contribution in [0, 0.1) is 0 Å². The molecule has 2 aromatic carbocycles. The minimum Gasteiger partial charge on any atom is -0.477 e. The SMILES string of the molecule is Nc1nc(C(=NOCC(=O)OC(c2ccccc2)c2ccccc2)C(=O)NC2C(=O)N3C(C(=O)O)=C(C=C(F)F)CS(=O)[C@@H]23)cs1. The van der Waals surface area contributed by atoms with Gasteiger partial charge in [-0.15, -0.1) is 11.3 Å². The van der Waals surface area contributed by atoms with Crippen molar-refractivity contribution in [3.8, 4) is 0 Å². The number of aromatic nitrogens is 1. The van der Waals surface area contributed by atoms with Crippen LogP contribution in [0.15, 0.2) is 94.6 Å². The summed E-state index contributed by atoms with van der Waals surface area (Å²) in [6, 6.07) is 16.4.